The molecule has 0 aromatic heterocycles. The number of rotatable bonds is 2. The average Bonchev–Trinajstić information content (AvgIpc) is 2.93. The average molecular weight is 410 g/mol. The van der Waals surface area contributed by atoms with E-state index in [9.17, 15) is 40.3 Å². The molecule has 2 heterocycles. The van der Waals surface area contributed by atoms with Gasteiger partial charge in [0.15, 0.2) is 5.71 Å². The van der Waals surface area contributed by atoms with E-state index in [0.29, 0.717) is 11.1 Å². The largest absolute Gasteiger partial charge is 0.432 e. The van der Waals surface area contributed by atoms with Crippen molar-refractivity contribution in [1.29, 1.82) is 0 Å². The second-order valence-electron chi connectivity index (χ2n) is 5.94. The number of amides is 3. The topological polar surface area (TPSA) is 74.1 Å². The zero-order valence-electron chi connectivity index (χ0n) is 13.7. The molecule has 28 heavy (non-hydrogen) atoms. The Morgan fingerprint density at radius 1 is 1.11 bits per heavy atom. The second kappa shape index (κ2) is 6.27. The molecule has 1 aromatic rings. The van der Waals surface area contributed by atoms with E-state index in [1.54, 1.807) is 5.32 Å². The lowest BCUT2D eigenvalue weighted by atomic mass is 9.98. The van der Waals surface area contributed by atoms with Crippen molar-refractivity contribution in [1.82, 2.24) is 10.3 Å². The molecule has 13 heteroatoms. The van der Waals surface area contributed by atoms with Gasteiger partial charge in [-0.15, -0.1) is 0 Å². The number of benzene rings is 1. The van der Waals surface area contributed by atoms with Gasteiger partial charge in [-0.05, 0) is 19.1 Å². The van der Waals surface area contributed by atoms with Crippen LogP contribution >= 0.6 is 0 Å². The van der Waals surface area contributed by atoms with E-state index in [0.717, 1.165) is 13.0 Å². The molecule has 1 aromatic carbocycles. The van der Waals surface area contributed by atoms with Crippen LogP contribution in [0.3, 0.4) is 0 Å². The van der Waals surface area contributed by atoms with Gasteiger partial charge in [-0.25, -0.2) is 14.2 Å². The van der Waals surface area contributed by atoms with E-state index in [1.165, 1.54) is 0 Å². The summed E-state index contributed by atoms with van der Waals surface area (Å²) in [6.07, 6.45) is -9.88. The van der Waals surface area contributed by atoms with Crippen molar-refractivity contribution < 1.29 is 40.3 Å². The van der Waals surface area contributed by atoms with Crippen LogP contribution in [-0.4, -0.2) is 34.7 Å². The SMILES string of the molecule is C[C@@H](c1ccc(C(F)(F)F)cc1F)N1N=C(C(F)(F)F)C2C(=O)NC(=O)N=C21. The highest BCUT2D eigenvalue weighted by Crippen LogP contribution is 2.37. The van der Waals surface area contributed by atoms with Crippen molar-refractivity contribution in [2.24, 2.45) is 16.0 Å². The summed E-state index contributed by atoms with van der Waals surface area (Å²) in [6, 6.07) is -1.14. The predicted molar refractivity (Wildman–Crippen MR) is 79.6 cm³/mol. The third-order valence-electron chi connectivity index (χ3n) is 4.13. The Morgan fingerprint density at radius 2 is 1.75 bits per heavy atom. The summed E-state index contributed by atoms with van der Waals surface area (Å²) >= 11 is 0. The van der Waals surface area contributed by atoms with E-state index in [2.05, 4.69) is 10.1 Å². The normalized spacial score (nSPS) is 21.1. The molecule has 0 aliphatic carbocycles. The number of urea groups is 1. The van der Waals surface area contributed by atoms with Gasteiger partial charge in [0.1, 0.15) is 17.6 Å². The number of alkyl halides is 6. The summed E-state index contributed by atoms with van der Waals surface area (Å²) in [5.41, 5.74) is -3.29. The Morgan fingerprint density at radius 3 is 2.29 bits per heavy atom. The number of carbonyl (C=O) groups is 2. The summed E-state index contributed by atoms with van der Waals surface area (Å²) in [5, 5.41) is 5.39. The highest BCUT2D eigenvalue weighted by Gasteiger charge is 2.54. The first-order valence-corrected chi connectivity index (χ1v) is 7.55. The van der Waals surface area contributed by atoms with Crippen molar-refractivity contribution in [3.63, 3.8) is 0 Å². The molecule has 3 amide bonds. The highest BCUT2D eigenvalue weighted by atomic mass is 19.4. The summed E-state index contributed by atoms with van der Waals surface area (Å²) in [6.45, 7) is 1.14. The second-order valence-corrected chi connectivity index (χ2v) is 5.94. The molecule has 0 radical (unpaired) electrons. The molecule has 0 bridgehead atoms. The summed E-state index contributed by atoms with van der Waals surface area (Å²) in [7, 11) is 0. The zero-order chi connectivity index (χ0) is 21.0. The Hall–Kier alpha value is -2.99. The molecule has 0 spiro atoms. The van der Waals surface area contributed by atoms with Crippen LogP contribution in [0.4, 0.5) is 35.5 Å². The summed E-state index contributed by atoms with van der Waals surface area (Å²) in [4.78, 5) is 26.6. The zero-order valence-corrected chi connectivity index (χ0v) is 13.7. The molecular formula is C15H9F7N4O2. The molecule has 2 aliphatic rings. The number of aliphatic imine (C=N–C) groups is 1. The number of nitrogens with one attached hydrogen (secondary N) is 1. The van der Waals surface area contributed by atoms with E-state index in [1.807, 2.05) is 0 Å². The van der Waals surface area contributed by atoms with Crippen LogP contribution in [-0.2, 0) is 11.0 Å². The molecular weight excluding hydrogens is 401 g/mol. The first-order valence-electron chi connectivity index (χ1n) is 7.55. The molecule has 2 atom stereocenters. The lowest BCUT2D eigenvalue weighted by Gasteiger charge is -2.27. The fraction of sp³-hybridized carbons (Fsp3) is 0.333. The molecule has 0 fully saturated rings. The number of fused-ring (bicyclic) bond motifs is 1. The molecule has 6 nitrogen and oxygen atoms in total. The monoisotopic (exact) mass is 410 g/mol. The third kappa shape index (κ3) is 3.31. The predicted octanol–water partition coefficient (Wildman–Crippen LogP) is 3.40. The smallest absolute Gasteiger partial charge is 0.275 e. The van der Waals surface area contributed by atoms with Crippen molar-refractivity contribution in [2.45, 2.75) is 25.3 Å². The Labute approximate surface area is 151 Å². The molecule has 0 saturated carbocycles. The van der Waals surface area contributed by atoms with Crippen molar-refractivity contribution in [3.8, 4) is 0 Å². The third-order valence-corrected chi connectivity index (χ3v) is 4.13. The minimum Gasteiger partial charge on any atom is -0.275 e. The number of hydrogen-bond donors (Lipinski definition) is 1. The van der Waals surface area contributed by atoms with Crippen LogP contribution in [0.15, 0.2) is 28.3 Å². The number of hydrogen-bond acceptors (Lipinski definition) is 4. The molecule has 1 N–H and O–H groups in total. The highest BCUT2D eigenvalue weighted by molar-refractivity contribution is 6.30. The van der Waals surface area contributed by atoms with Crippen molar-refractivity contribution >= 4 is 23.5 Å². The Bertz CT molecular complexity index is 920. The maximum Gasteiger partial charge on any atom is 0.432 e. The van der Waals surface area contributed by atoms with Gasteiger partial charge >= 0.3 is 18.4 Å². The van der Waals surface area contributed by atoms with Crippen molar-refractivity contribution in [3.05, 3.63) is 35.1 Å². The molecule has 1 unspecified atom stereocenters. The lowest BCUT2D eigenvalue weighted by Crippen LogP contribution is -2.49. The van der Waals surface area contributed by atoms with E-state index >= 15 is 0 Å². The van der Waals surface area contributed by atoms with E-state index in [-0.39, 0.29) is 6.07 Å². The van der Waals surface area contributed by atoms with Gasteiger partial charge in [0.05, 0.1) is 11.6 Å². The van der Waals surface area contributed by atoms with Crippen LogP contribution in [0.25, 0.3) is 0 Å². The maximum atomic E-state index is 14.2. The number of imide groups is 1. The minimum atomic E-state index is -5.06. The van der Waals surface area contributed by atoms with Gasteiger partial charge < -0.3 is 0 Å². The van der Waals surface area contributed by atoms with Crippen LogP contribution in [0.5, 0.6) is 0 Å². The van der Waals surface area contributed by atoms with Gasteiger partial charge in [0, 0.05) is 5.56 Å². The quantitative estimate of drug-likeness (QED) is 0.760. The number of amidine groups is 1. The van der Waals surface area contributed by atoms with Gasteiger partial charge in [-0.3, -0.25) is 10.1 Å². The fourth-order valence-electron chi connectivity index (χ4n) is 2.83. The van der Waals surface area contributed by atoms with Crippen molar-refractivity contribution in [2.75, 3.05) is 0 Å². The van der Waals surface area contributed by atoms with Gasteiger partial charge in [-0.2, -0.15) is 36.4 Å². The van der Waals surface area contributed by atoms with E-state index in [4.69, 9.17) is 0 Å². The molecule has 3 rings (SSSR count). The Balaban J connectivity index is 2.05. The van der Waals surface area contributed by atoms with Crippen LogP contribution in [0, 0.1) is 11.7 Å². The lowest BCUT2D eigenvalue weighted by molar-refractivity contribution is -0.137. The number of carbonyl (C=O) groups excluding carboxylic acids is 2. The summed E-state index contributed by atoms with van der Waals surface area (Å²) in [5.74, 6) is -5.39. The first kappa shape index (κ1) is 19.8. The van der Waals surface area contributed by atoms with Crippen LogP contribution < -0.4 is 5.32 Å². The molecule has 150 valence electrons. The fourth-order valence-corrected chi connectivity index (χ4v) is 2.83. The number of halogens is 7. The minimum absolute atomic E-state index is 0.189. The number of nitrogens with zero attached hydrogens (tertiary/aromatic N) is 3. The maximum absolute atomic E-state index is 14.2. The Kier molecular flexibility index (Phi) is 4.43. The summed E-state index contributed by atoms with van der Waals surface area (Å²) < 4.78 is 91.9. The first-order chi connectivity index (χ1) is 12.8. The van der Waals surface area contributed by atoms with Crippen LogP contribution in [0.2, 0.25) is 0 Å². The van der Waals surface area contributed by atoms with Gasteiger partial charge in [0.25, 0.3) is 0 Å². The number of hydrazone groups is 1. The van der Waals surface area contributed by atoms with Crippen LogP contribution in [0.1, 0.15) is 24.1 Å². The van der Waals surface area contributed by atoms with Gasteiger partial charge in [0.2, 0.25) is 5.91 Å². The molecule has 2 aliphatic heterocycles. The molecule has 0 saturated heterocycles. The van der Waals surface area contributed by atoms with Gasteiger partial charge in [-0.1, -0.05) is 6.07 Å². The van der Waals surface area contributed by atoms with E-state index < -0.39 is 64.7 Å². The standard InChI is InChI=1S/C15H9F7N4O2/c1-5(7-3-2-6(4-8(7)16)14(17,18)19)26-11-9(10(25-26)15(20,21)22)12(27)24-13(28)23-11/h2-5,9H,1H3,(H,24,27,28)/t5-,9?/m0/s1.